The summed E-state index contributed by atoms with van der Waals surface area (Å²) in [5.41, 5.74) is 1.14. The number of benzene rings is 1. The molecular weight excluding hydrogens is 279 g/mol. The lowest BCUT2D eigenvalue weighted by Gasteiger charge is -2.32. The van der Waals surface area contributed by atoms with Crippen molar-refractivity contribution in [3.05, 3.63) is 35.6 Å². The summed E-state index contributed by atoms with van der Waals surface area (Å²) in [7, 11) is 0. The number of rotatable bonds is 5. The number of carbonyl (C=O) groups is 1. The highest BCUT2D eigenvalue weighted by Crippen LogP contribution is 2.18. The van der Waals surface area contributed by atoms with E-state index in [4.69, 9.17) is 11.6 Å². The van der Waals surface area contributed by atoms with Crippen molar-refractivity contribution in [2.45, 2.75) is 19.4 Å². The second kappa shape index (κ2) is 7.60. The molecule has 5 heteroatoms. The van der Waals surface area contributed by atoms with E-state index < -0.39 is 0 Å². The lowest BCUT2D eigenvalue weighted by molar-refractivity contribution is -0.118. The highest BCUT2D eigenvalue weighted by Gasteiger charge is 2.19. The quantitative estimate of drug-likeness (QED) is 0.847. The molecule has 0 bridgehead atoms. The standard InChI is InChI=1S/C15H20ClFN2O/c16-9-15(20)18-10-12-5-7-19(8-6-12)11-13-1-3-14(17)4-2-13/h1-4,12H,5-11H2,(H,18,20). The van der Waals surface area contributed by atoms with Gasteiger partial charge in [-0.05, 0) is 49.5 Å². The molecule has 1 fully saturated rings. The van der Waals surface area contributed by atoms with Gasteiger partial charge >= 0.3 is 0 Å². The molecule has 0 radical (unpaired) electrons. The van der Waals surface area contributed by atoms with Gasteiger partial charge in [-0.1, -0.05) is 12.1 Å². The lowest BCUT2D eigenvalue weighted by atomic mass is 9.96. The predicted molar refractivity (Wildman–Crippen MR) is 78.1 cm³/mol. The van der Waals surface area contributed by atoms with Gasteiger partial charge in [0.25, 0.3) is 0 Å². The molecule has 1 saturated heterocycles. The minimum atomic E-state index is -0.192. The van der Waals surface area contributed by atoms with Gasteiger partial charge in [0.15, 0.2) is 0 Å². The van der Waals surface area contributed by atoms with Crippen LogP contribution < -0.4 is 5.32 Å². The van der Waals surface area contributed by atoms with Crippen LogP contribution in [-0.2, 0) is 11.3 Å². The number of alkyl halides is 1. The Hall–Kier alpha value is -1.13. The zero-order valence-corrected chi connectivity index (χ0v) is 12.2. The van der Waals surface area contributed by atoms with E-state index in [2.05, 4.69) is 10.2 Å². The van der Waals surface area contributed by atoms with Crippen molar-refractivity contribution in [2.24, 2.45) is 5.92 Å². The maximum Gasteiger partial charge on any atom is 0.234 e. The molecule has 3 nitrogen and oxygen atoms in total. The third-order valence-corrected chi connectivity index (χ3v) is 3.98. The van der Waals surface area contributed by atoms with Gasteiger partial charge in [0, 0.05) is 13.1 Å². The van der Waals surface area contributed by atoms with Gasteiger partial charge in [-0.15, -0.1) is 11.6 Å². The smallest absolute Gasteiger partial charge is 0.234 e. The van der Waals surface area contributed by atoms with Crippen LogP contribution in [-0.4, -0.2) is 36.3 Å². The molecule has 1 aromatic carbocycles. The Labute approximate surface area is 124 Å². The monoisotopic (exact) mass is 298 g/mol. The van der Waals surface area contributed by atoms with Crippen LogP contribution in [0.3, 0.4) is 0 Å². The number of hydrogen-bond donors (Lipinski definition) is 1. The Morgan fingerprint density at radius 2 is 1.95 bits per heavy atom. The molecule has 2 rings (SSSR count). The van der Waals surface area contributed by atoms with E-state index in [0.717, 1.165) is 44.6 Å². The first-order valence-electron chi connectivity index (χ1n) is 6.97. The van der Waals surface area contributed by atoms with E-state index in [1.54, 1.807) is 0 Å². The number of carbonyl (C=O) groups excluding carboxylic acids is 1. The SMILES string of the molecule is O=C(CCl)NCC1CCN(Cc2ccc(F)cc2)CC1. The molecule has 0 spiro atoms. The second-order valence-corrected chi connectivity index (χ2v) is 5.55. The maximum absolute atomic E-state index is 12.8. The molecule has 0 unspecified atom stereocenters. The molecule has 1 aliphatic heterocycles. The largest absolute Gasteiger partial charge is 0.355 e. The highest BCUT2D eigenvalue weighted by atomic mass is 35.5. The molecule has 1 aliphatic rings. The van der Waals surface area contributed by atoms with Crippen molar-refractivity contribution >= 4 is 17.5 Å². The fourth-order valence-electron chi connectivity index (χ4n) is 2.50. The second-order valence-electron chi connectivity index (χ2n) is 5.28. The summed E-state index contributed by atoms with van der Waals surface area (Å²) < 4.78 is 12.8. The first-order chi connectivity index (χ1) is 9.67. The molecular formula is C15H20ClFN2O. The van der Waals surface area contributed by atoms with Crippen molar-refractivity contribution in [3.63, 3.8) is 0 Å². The Bertz CT molecular complexity index is 430. The molecule has 1 heterocycles. The van der Waals surface area contributed by atoms with Crippen molar-refractivity contribution in [3.8, 4) is 0 Å². The van der Waals surface area contributed by atoms with Crippen LogP contribution in [0.2, 0.25) is 0 Å². The summed E-state index contributed by atoms with van der Waals surface area (Å²) in [6.45, 7) is 3.61. The normalized spacial score (nSPS) is 17.1. The first kappa shape index (κ1) is 15.3. The van der Waals surface area contributed by atoms with E-state index in [9.17, 15) is 9.18 Å². The fraction of sp³-hybridized carbons (Fsp3) is 0.533. The average Bonchev–Trinajstić information content (AvgIpc) is 2.48. The zero-order valence-electron chi connectivity index (χ0n) is 11.4. The minimum absolute atomic E-state index is 0.0312. The molecule has 20 heavy (non-hydrogen) atoms. The number of nitrogens with zero attached hydrogens (tertiary/aromatic N) is 1. The summed E-state index contributed by atoms with van der Waals surface area (Å²) in [6.07, 6.45) is 2.15. The Balaban J connectivity index is 1.71. The van der Waals surface area contributed by atoms with Gasteiger partial charge < -0.3 is 5.32 Å². The molecule has 110 valence electrons. The van der Waals surface area contributed by atoms with Crippen molar-refractivity contribution < 1.29 is 9.18 Å². The number of amides is 1. The number of nitrogens with one attached hydrogen (secondary N) is 1. The number of hydrogen-bond acceptors (Lipinski definition) is 2. The summed E-state index contributed by atoms with van der Waals surface area (Å²) in [6, 6.07) is 6.68. The van der Waals surface area contributed by atoms with E-state index in [1.165, 1.54) is 12.1 Å². The van der Waals surface area contributed by atoms with Crippen LogP contribution in [0.1, 0.15) is 18.4 Å². The van der Waals surface area contributed by atoms with Crippen molar-refractivity contribution in [1.29, 1.82) is 0 Å². The third kappa shape index (κ3) is 4.76. The first-order valence-corrected chi connectivity index (χ1v) is 7.50. The maximum atomic E-state index is 12.8. The van der Waals surface area contributed by atoms with Crippen molar-refractivity contribution in [2.75, 3.05) is 25.5 Å². The minimum Gasteiger partial charge on any atom is -0.355 e. The van der Waals surface area contributed by atoms with Crippen LogP contribution in [0, 0.1) is 11.7 Å². The topological polar surface area (TPSA) is 32.3 Å². The molecule has 1 amide bonds. The van der Waals surface area contributed by atoms with E-state index in [-0.39, 0.29) is 17.6 Å². The summed E-state index contributed by atoms with van der Waals surface area (Å²) >= 11 is 5.45. The Morgan fingerprint density at radius 3 is 2.55 bits per heavy atom. The molecule has 0 aromatic heterocycles. The van der Waals surface area contributed by atoms with Gasteiger partial charge in [-0.2, -0.15) is 0 Å². The zero-order chi connectivity index (χ0) is 14.4. The van der Waals surface area contributed by atoms with Crippen LogP contribution in [0.15, 0.2) is 24.3 Å². The summed E-state index contributed by atoms with van der Waals surface area (Å²) in [5.74, 6) is 0.276. The molecule has 0 atom stereocenters. The van der Waals surface area contributed by atoms with E-state index in [1.807, 2.05) is 12.1 Å². The molecule has 1 N–H and O–H groups in total. The van der Waals surface area contributed by atoms with Gasteiger partial charge in [0.2, 0.25) is 5.91 Å². The van der Waals surface area contributed by atoms with Crippen molar-refractivity contribution in [1.82, 2.24) is 10.2 Å². The van der Waals surface area contributed by atoms with Gasteiger partial charge in [-0.3, -0.25) is 9.69 Å². The Kier molecular flexibility index (Phi) is 5.80. The fourth-order valence-corrected chi connectivity index (χ4v) is 2.60. The molecule has 1 aromatic rings. The molecule has 0 aliphatic carbocycles. The van der Waals surface area contributed by atoms with Crippen LogP contribution in [0.4, 0.5) is 4.39 Å². The van der Waals surface area contributed by atoms with Gasteiger partial charge in [0.1, 0.15) is 11.7 Å². The van der Waals surface area contributed by atoms with Crippen LogP contribution in [0.25, 0.3) is 0 Å². The predicted octanol–water partition coefficient (Wildman–Crippen LogP) is 2.39. The number of likely N-dealkylation sites (tertiary alicyclic amines) is 1. The third-order valence-electron chi connectivity index (χ3n) is 3.74. The summed E-state index contributed by atoms with van der Waals surface area (Å²) in [5, 5.41) is 2.84. The van der Waals surface area contributed by atoms with Crippen LogP contribution in [0.5, 0.6) is 0 Å². The molecule has 0 saturated carbocycles. The number of halogens is 2. The number of piperidine rings is 1. The highest BCUT2D eigenvalue weighted by molar-refractivity contribution is 6.27. The average molecular weight is 299 g/mol. The van der Waals surface area contributed by atoms with Gasteiger partial charge in [-0.25, -0.2) is 4.39 Å². The Morgan fingerprint density at radius 1 is 1.30 bits per heavy atom. The van der Waals surface area contributed by atoms with Crippen LogP contribution >= 0.6 is 11.6 Å². The van der Waals surface area contributed by atoms with E-state index >= 15 is 0 Å². The summed E-state index contributed by atoms with van der Waals surface area (Å²) in [4.78, 5) is 13.5. The lowest BCUT2D eigenvalue weighted by Crippen LogP contribution is -2.38. The van der Waals surface area contributed by atoms with E-state index in [0.29, 0.717) is 5.92 Å². The van der Waals surface area contributed by atoms with Gasteiger partial charge in [0.05, 0.1) is 0 Å².